The Balaban J connectivity index is 1.78. The SMILES string of the molecule is Cc1ccc(N2C(C(=O)O)CC(C(=O)O)N(c3ccc(C)cc3)C2c2ccc3ccccc3c2)cc1. The maximum Gasteiger partial charge on any atom is 0.326 e. The van der Waals surface area contributed by atoms with Gasteiger partial charge in [-0.1, -0.05) is 71.8 Å². The summed E-state index contributed by atoms with van der Waals surface area (Å²) in [7, 11) is 0. The molecule has 4 aromatic rings. The number of nitrogens with zero attached hydrogens (tertiary/aromatic N) is 2. The predicted molar refractivity (Wildman–Crippen MR) is 141 cm³/mol. The molecule has 1 heterocycles. The zero-order valence-electron chi connectivity index (χ0n) is 20.2. The molecule has 6 nitrogen and oxygen atoms in total. The lowest BCUT2D eigenvalue weighted by Crippen LogP contribution is -2.62. The van der Waals surface area contributed by atoms with Crippen molar-refractivity contribution in [2.75, 3.05) is 9.80 Å². The first-order valence-corrected chi connectivity index (χ1v) is 12.0. The third-order valence-electron chi connectivity index (χ3n) is 6.95. The molecule has 0 bridgehead atoms. The van der Waals surface area contributed by atoms with Gasteiger partial charge in [0, 0.05) is 17.8 Å². The Morgan fingerprint density at radius 2 is 1.14 bits per heavy atom. The molecule has 5 rings (SSSR count). The van der Waals surface area contributed by atoms with Gasteiger partial charge in [-0.3, -0.25) is 0 Å². The summed E-state index contributed by atoms with van der Waals surface area (Å²) in [4.78, 5) is 28.9. The first kappa shape index (κ1) is 23.4. The minimum atomic E-state index is -1.05. The van der Waals surface area contributed by atoms with Crippen LogP contribution in [0.15, 0.2) is 91.0 Å². The summed E-state index contributed by atoms with van der Waals surface area (Å²) >= 11 is 0. The fourth-order valence-electron chi connectivity index (χ4n) is 5.12. The summed E-state index contributed by atoms with van der Waals surface area (Å²) in [5, 5.41) is 22.7. The van der Waals surface area contributed by atoms with Gasteiger partial charge in [0.25, 0.3) is 0 Å². The molecule has 4 aromatic carbocycles. The standard InChI is InChI=1S/C30H28N2O4/c1-19-7-13-24(14-8-19)31-26(29(33)34)18-27(30(35)36)32(25-15-9-20(2)10-16-25)28(31)23-12-11-21-5-3-4-6-22(21)17-23/h3-17,26-28H,18H2,1-2H3,(H,33,34)(H,35,36). The largest absolute Gasteiger partial charge is 0.480 e. The average molecular weight is 481 g/mol. The summed E-state index contributed by atoms with van der Waals surface area (Å²) in [6, 6.07) is 27.4. The van der Waals surface area contributed by atoms with Crippen molar-refractivity contribution in [3.05, 3.63) is 108 Å². The highest BCUT2D eigenvalue weighted by Crippen LogP contribution is 2.43. The molecule has 2 N–H and O–H groups in total. The molecule has 0 aliphatic carbocycles. The maximum atomic E-state index is 12.6. The van der Waals surface area contributed by atoms with E-state index in [4.69, 9.17) is 0 Å². The van der Waals surface area contributed by atoms with Crippen LogP contribution in [0.2, 0.25) is 0 Å². The van der Waals surface area contributed by atoms with Gasteiger partial charge in [-0.15, -0.1) is 0 Å². The first-order chi connectivity index (χ1) is 17.3. The van der Waals surface area contributed by atoms with Crippen LogP contribution in [0.1, 0.15) is 29.3 Å². The number of benzene rings is 4. The van der Waals surface area contributed by atoms with Gasteiger partial charge in [-0.25, -0.2) is 9.59 Å². The molecule has 2 atom stereocenters. The van der Waals surface area contributed by atoms with Crippen LogP contribution >= 0.6 is 0 Å². The van der Waals surface area contributed by atoms with Crippen LogP contribution in [-0.2, 0) is 9.59 Å². The minimum Gasteiger partial charge on any atom is -0.480 e. The van der Waals surface area contributed by atoms with Gasteiger partial charge in [-0.05, 0) is 60.5 Å². The van der Waals surface area contributed by atoms with Gasteiger partial charge in [0.05, 0.1) is 0 Å². The Bertz CT molecular complexity index is 1350. The molecule has 0 aromatic heterocycles. The van der Waals surface area contributed by atoms with Crippen LogP contribution in [0.5, 0.6) is 0 Å². The molecule has 0 amide bonds. The highest BCUT2D eigenvalue weighted by Gasteiger charge is 2.48. The van der Waals surface area contributed by atoms with Gasteiger partial charge in [0.1, 0.15) is 18.2 Å². The lowest BCUT2D eigenvalue weighted by molar-refractivity contribution is -0.142. The minimum absolute atomic E-state index is 0.0590. The molecule has 0 saturated carbocycles. The van der Waals surface area contributed by atoms with Crippen LogP contribution in [-0.4, -0.2) is 34.2 Å². The Labute approximate surface area is 210 Å². The highest BCUT2D eigenvalue weighted by molar-refractivity contribution is 5.87. The predicted octanol–water partition coefficient (Wildman–Crippen LogP) is 5.78. The molecule has 0 spiro atoms. The summed E-state index contributed by atoms with van der Waals surface area (Å²) in [5.74, 6) is -2.09. The van der Waals surface area contributed by atoms with E-state index in [0.717, 1.165) is 38.8 Å². The van der Waals surface area contributed by atoms with Crippen molar-refractivity contribution in [3.63, 3.8) is 0 Å². The molecule has 182 valence electrons. The third-order valence-corrected chi connectivity index (χ3v) is 6.95. The van der Waals surface area contributed by atoms with Crippen molar-refractivity contribution in [1.82, 2.24) is 0 Å². The van der Waals surface area contributed by atoms with E-state index in [1.807, 2.05) is 115 Å². The molecule has 0 radical (unpaired) electrons. The fourth-order valence-corrected chi connectivity index (χ4v) is 5.12. The lowest BCUT2D eigenvalue weighted by atomic mass is 9.92. The molecule has 1 saturated heterocycles. The van der Waals surface area contributed by atoms with Gasteiger partial charge in [-0.2, -0.15) is 0 Å². The number of aliphatic carboxylic acids is 2. The summed E-state index contributed by atoms with van der Waals surface area (Å²) < 4.78 is 0. The number of fused-ring (bicyclic) bond motifs is 1. The zero-order valence-corrected chi connectivity index (χ0v) is 20.2. The molecule has 2 unspecified atom stereocenters. The topological polar surface area (TPSA) is 81.1 Å². The Morgan fingerprint density at radius 1 is 0.667 bits per heavy atom. The van der Waals surface area contributed by atoms with Crippen LogP contribution in [0, 0.1) is 13.8 Å². The van der Waals surface area contributed by atoms with E-state index >= 15 is 0 Å². The Hall–Kier alpha value is -4.32. The number of carbonyl (C=O) groups is 2. The summed E-state index contributed by atoms with van der Waals surface area (Å²) in [6.07, 6.45) is -0.716. The second kappa shape index (κ2) is 9.38. The second-order valence-electron chi connectivity index (χ2n) is 9.41. The molecule has 1 aliphatic heterocycles. The van der Waals surface area contributed by atoms with Crippen molar-refractivity contribution in [3.8, 4) is 0 Å². The van der Waals surface area contributed by atoms with E-state index in [1.54, 1.807) is 0 Å². The van der Waals surface area contributed by atoms with Crippen LogP contribution in [0.3, 0.4) is 0 Å². The smallest absolute Gasteiger partial charge is 0.326 e. The van der Waals surface area contributed by atoms with Crippen molar-refractivity contribution >= 4 is 34.1 Å². The monoisotopic (exact) mass is 480 g/mol. The van der Waals surface area contributed by atoms with Crippen molar-refractivity contribution in [2.45, 2.75) is 38.5 Å². The van der Waals surface area contributed by atoms with E-state index in [1.165, 1.54) is 0 Å². The van der Waals surface area contributed by atoms with Crippen LogP contribution < -0.4 is 9.80 Å². The number of aryl methyl sites for hydroxylation is 2. The lowest BCUT2D eigenvalue weighted by Gasteiger charge is -2.52. The van der Waals surface area contributed by atoms with Crippen LogP contribution in [0.4, 0.5) is 11.4 Å². The zero-order chi connectivity index (χ0) is 25.4. The van der Waals surface area contributed by atoms with E-state index < -0.39 is 30.2 Å². The van der Waals surface area contributed by atoms with E-state index in [-0.39, 0.29) is 6.42 Å². The number of anilines is 2. The highest BCUT2D eigenvalue weighted by atomic mass is 16.4. The van der Waals surface area contributed by atoms with Crippen molar-refractivity contribution in [2.24, 2.45) is 0 Å². The Morgan fingerprint density at radius 3 is 1.61 bits per heavy atom. The molecular formula is C30H28N2O4. The normalized spacial score (nSPS) is 19.9. The number of carboxylic acids is 2. The quantitative estimate of drug-likeness (QED) is 0.377. The number of hydrogen-bond acceptors (Lipinski definition) is 4. The summed E-state index contributed by atoms with van der Waals surface area (Å²) in [6.45, 7) is 3.96. The van der Waals surface area contributed by atoms with Gasteiger partial charge in [0.15, 0.2) is 0 Å². The van der Waals surface area contributed by atoms with Crippen LogP contribution in [0.25, 0.3) is 10.8 Å². The number of rotatable bonds is 5. The molecule has 1 fully saturated rings. The van der Waals surface area contributed by atoms with Crippen molar-refractivity contribution < 1.29 is 19.8 Å². The van der Waals surface area contributed by atoms with Gasteiger partial charge >= 0.3 is 11.9 Å². The molecular weight excluding hydrogens is 452 g/mol. The Kier molecular flexibility index (Phi) is 6.10. The molecule has 1 aliphatic rings. The fraction of sp³-hybridized carbons (Fsp3) is 0.200. The van der Waals surface area contributed by atoms with Gasteiger partial charge in [0.2, 0.25) is 0 Å². The summed E-state index contributed by atoms with van der Waals surface area (Å²) in [5.41, 5.74) is 4.40. The number of carboxylic acid groups (broad SMARTS) is 2. The third kappa shape index (κ3) is 4.26. The second-order valence-corrected chi connectivity index (χ2v) is 9.41. The van der Waals surface area contributed by atoms with Gasteiger partial charge < -0.3 is 20.0 Å². The van der Waals surface area contributed by atoms with E-state index in [0.29, 0.717) is 0 Å². The average Bonchev–Trinajstić information content (AvgIpc) is 2.88. The van der Waals surface area contributed by atoms with E-state index in [9.17, 15) is 19.8 Å². The molecule has 36 heavy (non-hydrogen) atoms. The number of hydrogen-bond donors (Lipinski definition) is 2. The van der Waals surface area contributed by atoms with Crippen molar-refractivity contribution in [1.29, 1.82) is 0 Å². The molecule has 6 heteroatoms. The first-order valence-electron chi connectivity index (χ1n) is 12.0. The maximum absolute atomic E-state index is 12.6. The van der Waals surface area contributed by atoms with E-state index in [2.05, 4.69) is 0 Å².